The van der Waals surface area contributed by atoms with E-state index in [9.17, 15) is 5.11 Å². The maximum absolute atomic E-state index is 10.1. The van der Waals surface area contributed by atoms with Crippen LogP contribution in [-0.4, -0.2) is 11.7 Å². The zero-order valence-corrected chi connectivity index (χ0v) is 9.16. The molecular weight excluding hydrogens is 206 g/mol. The normalized spacial score (nSPS) is 15.7. The summed E-state index contributed by atoms with van der Waals surface area (Å²) in [5.74, 6) is 0. The third kappa shape index (κ3) is 2.44. The van der Waals surface area contributed by atoms with Gasteiger partial charge in [0.2, 0.25) is 0 Å². The highest BCUT2D eigenvalue weighted by molar-refractivity contribution is 7.16. The summed E-state index contributed by atoms with van der Waals surface area (Å²) < 4.78 is 0.693. The molecule has 1 aromatic heterocycles. The second-order valence-electron chi connectivity index (χ2n) is 3.09. The molecule has 1 heterocycles. The molecule has 0 aliphatic carbocycles. The predicted octanol–water partition coefficient (Wildman–Crippen LogP) is 2.35. The molecule has 3 N–H and O–H groups in total. The Morgan fingerprint density at radius 1 is 1.62 bits per heavy atom. The standard InChI is InChI=1S/C9H14ClNOS/c1-2-5-9(12,6-11)7-3-4-8(10)13-7/h3-4,12H,2,5-6,11H2,1H3. The largest absolute Gasteiger partial charge is 0.383 e. The molecule has 0 bridgehead atoms. The lowest BCUT2D eigenvalue weighted by molar-refractivity contribution is 0.0396. The highest BCUT2D eigenvalue weighted by atomic mass is 35.5. The van der Waals surface area contributed by atoms with E-state index >= 15 is 0 Å². The maximum Gasteiger partial charge on any atom is 0.111 e. The fourth-order valence-corrected chi connectivity index (χ4v) is 2.47. The van der Waals surface area contributed by atoms with E-state index in [0.29, 0.717) is 10.8 Å². The van der Waals surface area contributed by atoms with Crippen molar-refractivity contribution in [1.82, 2.24) is 0 Å². The van der Waals surface area contributed by atoms with Gasteiger partial charge in [-0.05, 0) is 18.6 Å². The highest BCUT2D eigenvalue weighted by Crippen LogP contribution is 2.33. The van der Waals surface area contributed by atoms with Crippen molar-refractivity contribution in [2.24, 2.45) is 5.73 Å². The van der Waals surface area contributed by atoms with Crippen LogP contribution in [0.1, 0.15) is 24.6 Å². The number of hydrogen-bond donors (Lipinski definition) is 2. The summed E-state index contributed by atoms with van der Waals surface area (Å²) in [6, 6.07) is 3.63. The first-order valence-corrected chi connectivity index (χ1v) is 5.50. The third-order valence-electron chi connectivity index (χ3n) is 2.03. The van der Waals surface area contributed by atoms with Gasteiger partial charge in [-0.2, -0.15) is 0 Å². The summed E-state index contributed by atoms with van der Waals surface area (Å²) in [4.78, 5) is 0.863. The Morgan fingerprint density at radius 3 is 2.69 bits per heavy atom. The van der Waals surface area contributed by atoms with Crippen LogP contribution < -0.4 is 5.73 Å². The minimum Gasteiger partial charge on any atom is -0.383 e. The Morgan fingerprint density at radius 2 is 2.31 bits per heavy atom. The van der Waals surface area contributed by atoms with Crippen LogP contribution in [0, 0.1) is 0 Å². The van der Waals surface area contributed by atoms with Crippen molar-refractivity contribution in [2.45, 2.75) is 25.4 Å². The number of aliphatic hydroxyl groups is 1. The number of thiophene rings is 1. The molecule has 0 radical (unpaired) electrons. The summed E-state index contributed by atoms with van der Waals surface area (Å²) in [5, 5.41) is 10.1. The van der Waals surface area contributed by atoms with Gasteiger partial charge in [0.15, 0.2) is 0 Å². The summed E-state index contributed by atoms with van der Waals surface area (Å²) in [6.45, 7) is 2.27. The molecule has 74 valence electrons. The average molecular weight is 220 g/mol. The van der Waals surface area contributed by atoms with E-state index in [1.807, 2.05) is 13.0 Å². The van der Waals surface area contributed by atoms with Crippen LogP contribution in [0.15, 0.2) is 12.1 Å². The maximum atomic E-state index is 10.1. The molecule has 0 fully saturated rings. The van der Waals surface area contributed by atoms with Gasteiger partial charge in [-0.1, -0.05) is 24.9 Å². The van der Waals surface area contributed by atoms with Crippen molar-refractivity contribution >= 4 is 22.9 Å². The van der Waals surface area contributed by atoms with E-state index in [-0.39, 0.29) is 6.54 Å². The van der Waals surface area contributed by atoms with E-state index in [0.717, 1.165) is 11.3 Å². The zero-order chi connectivity index (χ0) is 9.90. The molecule has 4 heteroatoms. The van der Waals surface area contributed by atoms with Gasteiger partial charge in [0.1, 0.15) is 5.60 Å². The van der Waals surface area contributed by atoms with E-state index in [1.165, 1.54) is 11.3 Å². The summed E-state index contributed by atoms with van der Waals surface area (Å²) in [7, 11) is 0. The Kier molecular flexibility index (Phi) is 3.74. The molecule has 0 saturated heterocycles. The molecule has 1 rings (SSSR count). The Bertz CT molecular complexity index is 276. The van der Waals surface area contributed by atoms with Gasteiger partial charge in [0.25, 0.3) is 0 Å². The molecule has 1 atom stereocenters. The van der Waals surface area contributed by atoms with E-state index in [1.54, 1.807) is 6.07 Å². The predicted molar refractivity (Wildman–Crippen MR) is 57.2 cm³/mol. The lowest BCUT2D eigenvalue weighted by atomic mass is 9.96. The van der Waals surface area contributed by atoms with Crippen molar-refractivity contribution in [3.05, 3.63) is 21.3 Å². The van der Waals surface area contributed by atoms with Crippen molar-refractivity contribution in [3.63, 3.8) is 0 Å². The van der Waals surface area contributed by atoms with Gasteiger partial charge in [-0.3, -0.25) is 0 Å². The van der Waals surface area contributed by atoms with Crippen LogP contribution in [0.3, 0.4) is 0 Å². The molecule has 0 aromatic carbocycles. The smallest absolute Gasteiger partial charge is 0.111 e. The molecule has 0 spiro atoms. The van der Waals surface area contributed by atoms with E-state index in [2.05, 4.69) is 0 Å². The molecule has 0 saturated carbocycles. The highest BCUT2D eigenvalue weighted by Gasteiger charge is 2.27. The first-order valence-electron chi connectivity index (χ1n) is 4.30. The Hall–Kier alpha value is -0.0900. The van der Waals surface area contributed by atoms with Crippen LogP contribution in [-0.2, 0) is 5.60 Å². The van der Waals surface area contributed by atoms with Crippen molar-refractivity contribution in [2.75, 3.05) is 6.54 Å². The van der Waals surface area contributed by atoms with Gasteiger partial charge in [-0.15, -0.1) is 11.3 Å². The van der Waals surface area contributed by atoms with Crippen molar-refractivity contribution in [1.29, 1.82) is 0 Å². The second kappa shape index (κ2) is 4.42. The first kappa shape index (κ1) is 11.0. The summed E-state index contributed by atoms with van der Waals surface area (Å²) in [5.41, 5.74) is 4.67. The molecule has 1 unspecified atom stereocenters. The lowest BCUT2D eigenvalue weighted by Crippen LogP contribution is -2.33. The quantitative estimate of drug-likeness (QED) is 0.817. The van der Waals surface area contributed by atoms with Gasteiger partial charge in [0.05, 0.1) is 4.34 Å². The minimum atomic E-state index is -0.882. The SMILES string of the molecule is CCCC(O)(CN)c1ccc(Cl)s1. The number of hydrogen-bond acceptors (Lipinski definition) is 3. The fraction of sp³-hybridized carbons (Fsp3) is 0.556. The van der Waals surface area contributed by atoms with Crippen LogP contribution in [0.4, 0.5) is 0 Å². The van der Waals surface area contributed by atoms with E-state index < -0.39 is 5.60 Å². The topological polar surface area (TPSA) is 46.2 Å². The molecular formula is C9H14ClNOS. The summed E-state index contributed by atoms with van der Waals surface area (Å²) >= 11 is 7.18. The average Bonchev–Trinajstić information content (AvgIpc) is 2.52. The number of rotatable bonds is 4. The Labute approximate surface area is 87.3 Å². The van der Waals surface area contributed by atoms with E-state index in [4.69, 9.17) is 17.3 Å². The van der Waals surface area contributed by atoms with Crippen molar-refractivity contribution in [3.8, 4) is 0 Å². The number of nitrogens with two attached hydrogens (primary N) is 1. The Balaban J connectivity index is 2.88. The van der Waals surface area contributed by atoms with Gasteiger partial charge >= 0.3 is 0 Å². The van der Waals surface area contributed by atoms with Gasteiger partial charge < -0.3 is 10.8 Å². The van der Waals surface area contributed by atoms with Gasteiger partial charge in [0, 0.05) is 11.4 Å². The monoisotopic (exact) mass is 219 g/mol. The van der Waals surface area contributed by atoms with Crippen LogP contribution in [0.5, 0.6) is 0 Å². The van der Waals surface area contributed by atoms with Crippen LogP contribution in [0.2, 0.25) is 4.34 Å². The molecule has 13 heavy (non-hydrogen) atoms. The van der Waals surface area contributed by atoms with Crippen molar-refractivity contribution < 1.29 is 5.11 Å². The molecule has 0 amide bonds. The molecule has 1 aromatic rings. The van der Waals surface area contributed by atoms with Gasteiger partial charge in [-0.25, -0.2) is 0 Å². The fourth-order valence-electron chi connectivity index (χ4n) is 1.30. The number of halogens is 1. The second-order valence-corrected chi connectivity index (χ2v) is 4.80. The van der Waals surface area contributed by atoms with Crippen LogP contribution >= 0.6 is 22.9 Å². The van der Waals surface area contributed by atoms with Crippen LogP contribution in [0.25, 0.3) is 0 Å². The first-order chi connectivity index (χ1) is 6.12. The third-order valence-corrected chi connectivity index (χ3v) is 3.46. The molecule has 0 aliphatic rings. The lowest BCUT2D eigenvalue weighted by Gasteiger charge is -2.24. The summed E-state index contributed by atoms with van der Waals surface area (Å²) in [6.07, 6.45) is 1.59. The molecule has 2 nitrogen and oxygen atoms in total. The zero-order valence-electron chi connectivity index (χ0n) is 7.59. The molecule has 0 aliphatic heterocycles. The minimum absolute atomic E-state index is 0.248.